The van der Waals surface area contributed by atoms with Crippen LogP contribution in [-0.2, 0) is 17.9 Å². The highest BCUT2D eigenvalue weighted by Crippen LogP contribution is 2.33. The van der Waals surface area contributed by atoms with E-state index >= 15 is 0 Å². The second-order valence-electron chi connectivity index (χ2n) is 11.2. The molecule has 1 aromatic carbocycles. The van der Waals surface area contributed by atoms with E-state index in [0.29, 0.717) is 17.8 Å². The van der Waals surface area contributed by atoms with Crippen molar-refractivity contribution in [2.75, 3.05) is 63.5 Å². The molecule has 1 amide bonds. The highest BCUT2D eigenvalue weighted by atomic mass is 16.1. The number of aromatic nitrogens is 2. The number of hydrogen-bond donors (Lipinski definition) is 2. The van der Waals surface area contributed by atoms with E-state index in [9.17, 15) is 4.79 Å². The van der Waals surface area contributed by atoms with E-state index in [2.05, 4.69) is 66.6 Å². The largest absolute Gasteiger partial charge is 0.381 e. The number of carbonyl (C=O) groups excluding carboxylic acids is 1. The Hall–Kier alpha value is -3.59. The number of benzene rings is 1. The van der Waals surface area contributed by atoms with Crippen LogP contribution in [0.2, 0.25) is 0 Å². The maximum atomic E-state index is 13.4. The van der Waals surface area contributed by atoms with Gasteiger partial charge in [0.15, 0.2) is 0 Å². The van der Waals surface area contributed by atoms with Crippen molar-refractivity contribution in [2.45, 2.75) is 32.4 Å². The van der Waals surface area contributed by atoms with Crippen LogP contribution in [-0.4, -0.2) is 83.4 Å². The second kappa shape index (κ2) is 12.3. The van der Waals surface area contributed by atoms with Gasteiger partial charge in [0.05, 0.1) is 17.6 Å². The summed E-state index contributed by atoms with van der Waals surface area (Å²) in [5.41, 5.74) is 7.64. The van der Waals surface area contributed by atoms with Gasteiger partial charge >= 0.3 is 0 Å². The van der Waals surface area contributed by atoms with E-state index in [1.165, 1.54) is 24.8 Å². The van der Waals surface area contributed by atoms with Gasteiger partial charge in [-0.15, -0.1) is 0 Å². The number of carbonyl (C=O) groups is 1. The lowest BCUT2D eigenvalue weighted by molar-refractivity contribution is -0.111. The molecule has 208 valence electrons. The standard InChI is InChI=1S/C32H39N7O/c1-37-13-15-39(16-14-37)23-28-7-6-27(21-35-28)36-32(40)29-9-10-34-31-8-5-25(18-30(29)31)26-17-24(19-33-20-26)22-38-11-3-2-4-12-38/h5-9,17-21,34H,2-4,10-16,22-23H2,1H3,(H,36,40). The third kappa shape index (κ3) is 6.41. The predicted octanol–water partition coefficient (Wildman–Crippen LogP) is 4.32. The van der Waals surface area contributed by atoms with Crippen LogP contribution in [0.3, 0.4) is 0 Å². The molecule has 3 aromatic rings. The van der Waals surface area contributed by atoms with Gasteiger partial charge in [0.1, 0.15) is 0 Å². The van der Waals surface area contributed by atoms with Crippen molar-refractivity contribution in [1.29, 1.82) is 0 Å². The molecule has 0 saturated carbocycles. The molecule has 40 heavy (non-hydrogen) atoms. The first kappa shape index (κ1) is 26.6. The molecule has 2 fully saturated rings. The van der Waals surface area contributed by atoms with Gasteiger partial charge in [0, 0.05) is 80.6 Å². The van der Waals surface area contributed by atoms with E-state index in [1.54, 1.807) is 6.20 Å². The van der Waals surface area contributed by atoms with Crippen molar-refractivity contribution in [3.8, 4) is 11.1 Å². The third-order valence-corrected chi connectivity index (χ3v) is 8.20. The lowest BCUT2D eigenvalue weighted by Gasteiger charge is -2.32. The number of likely N-dealkylation sites (tertiary alicyclic amines) is 1. The van der Waals surface area contributed by atoms with Crippen molar-refractivity contribution < 1.29 is 4.79 Å². The third-order valence-electron chi connectivity index (χ3n) is 8.20. The molecule has 0 bridgehead atoms. The molecule has 2 N–H and O–H groups in total. The number of piperazine rings is 1. The molecule has 5 heterocycles. The van der Waals surface area contributed by atoms with Crippen molar-refractivity contribution >= 4 is 22.9 Å². The number of rotatable bonds is 7. The maximum absolute atomic E-state index is 13.4. The number of likely N-dealkylation sites (N-methyl/N-ethyl adjacent to an activating group) is 1. The first-order chi connectivity index (χ1) is 19.6. The zero-order valence-electron chi connectivity index (χ0n) is 23.4. The second-order valence-corrected chi connectivity index (χ2v) is 11.2. The van der Waals surface area contributed by atoms with Crippen molar-refractivity contribution in [2.24, 2.45) is 0 Å². The van der Waals surface area contributed by atoms with Crippen molar-refractivity contribution in [1.82, 2.24) is 24.7 Å². The molecular formula is C32H39N7O. The lowest BCUT2D eigenvalue weighted by atomic mass is 9.94. The van der Waals surface area contributed by atoms with Gasteiger partial charge in [0.25, 0.3) is 5.91 Å². The number of hydrogen-bond acceptors (Lipinski definition) is 7. The minimum Gasteiger partial charge on any atom is -0.381 e. The summed E-state index contributed by atoms with van der Waals surface area (Å²) in [7, 11) is 2.16. The summed E-state index contributed by atoms with van der Waals surface area (Å²) in [6.07, 6.45) is 11.5. The summed E-state index contributed by atoms with van der Waals surface area (Å²) in [6.45, 7) is 8.98. The Kier molecular flexibility index (Phi) is 8.18. The highest BCUT2D eigenvalue weighted by Gasteiger charge is 2.21. The smallest absolute Gasteiger partial charge is 0.256 e. The molecule has 8 heteroatoms. The first-order valence-electron chi connectivity index (χ1n) is 14.5. The fraction of sp³-hybridized carbons (Fsp3) is 0.406. The monoisotopic (exact) mass is 537 g/mol. The molecular weight excluding hydrogens is 498 g/mol. The van der Waals surface area contributed by atoms with E-state index in [4.69, 9.17) is 0 Å². The van der Waals surface area contributed by atoms with Gasteiger partial charge in [-0.1, -0.05) is 18.6 Å². The van der Waals surface area contributed by atoms with Crippen LogP contribution >= 0.6 is 0 Å². The number of fused-ring (bicyclic) bond motifs is 1. The summed E-state index contributed by atoms with van der Waals surface area (Å²) < 4.78 is 0. The molecule has 2 aromatic heterocycles. The summed E-state index contributed by atoms with van der Waals surface area (Å²) in [5.74, 6) is -0.120. The molecule has 0 aliphatic carbocycles. The Bertz CT molecular complexity index is 1360. The Morgan fingerprint density at radius 3 is 2.50 bits per heavy atom. The summed E-state index contributed by atoms with van der Waals surface area (Å²) in [6, 6.07) is 12.5. The van der Waals surface area contributed by atoms with Gasteiger partial charge in [-0.05, 0) is 74.4 Å². The molecule has 0 unspecified atom stereocenters. The summed E-state index contributed by atoms with van der Waals surface area (Å²) in [5, 5.41) is 6.47. The average molecular weight is 538 g/mol. The van der Waals surface area contributed by atoms with Gasteiger partial charge in [-0.25, -0.2) is 0 Å². The van der Waals surface area contributed by atoms with Crippen LogP contribution in [0.4, 0.5) is 11.4 Å². The number of amides is 1. The quantitative estimate of drug-likeness (QED) is 0.465. The van der Waals surface area contributed by atoms with Gasteiger partial charge in [-0.3, -0.25) is 24.6 Å². The van der Waals surface area contributed by atoms with E-state index in [0.717, 1.165) is 80.4 Å². The summed E-state index contributed by atoms with van der Waals surface area (Å²) >= 11 is 0. The van der Waals surface area contributed by atoms with E-state index < -0.39 is 0 Å². The number of piperidine rings is 1. The Balaban J connectivity index is 1.14. The molecule has 8 nitrogen and oxygen atoms in total. The van der Waals surface area contributed by atoms with E-state index in [1.807, 2.05) is 30.6 Å². The van der Waals surface area contributed by atoms with Gasteiger partial charge in [0.2, 0.25) is 0 Å². The van der Waals surface area contributed by atoms with E-state index in [-0.39, 0.29) is 5.91 Å². The number of pyridine rings is 2. The van der Waals surface area contributed by atoms with Crippen molar-refractivity contribution in [3.63, 3.8) is 0 Å². The topological polar surface area (TPSA) is 76.6 Å². The maximum Gasteiger partial charge on any atom is 0.256 e. The summed E-state index contributed by atoms with van der Waals surface area (Å²) in [4.78, 5) is 29.9. The SMILES string of the molecule is CN1CCN(Cc2ccc(NC(=O)C3=CCNc4ccc(-c5cncc(CN6CCCCC6)c5)cc43)cn2)CC1. The molecule has 0 radical (unpaired) electrons. The molecule has 3 aliphatic heterocycles. The Morgan fingerprint density at radius 1 is 0.875 bits per heavy atom. The lowest BCUT2D eigenvalue weighted by Crippen LogP contribution is -2.43. The first-order valence-corrected chi connectivity index (χ1v) is 14.5. The highest BCUT2D eigenvalue weighted by molar-refractivity contribution is 6.27. The molecule has 3 aliphatic rings. The number of nitrogens with zero attached hydrogens (tertiary/aromatic N) is 5. The van der Waals surface area contributed by atoms with Crippen LogP contribution in [0.25, 0.3) is 16.7 Å². The molecule has 6 rings (SSSR count). The van der Waals surface area contributed by atoms with Crippen LogP contribution in [0.5, 0.6) is 0 Å². The number of anilines is 2. The van der Waals surface area contributed by atoms with Crippen LogP contribution in [0.1, 0.15) is 36.1 Å². The number of nitrogens with one attached hydrogen (secondary N) is 2. The minimum absolute atomic E-state index is 0.120. The fourth-order valence-electron chi connectivity index (χ4n) is 5.82. The van der Waals surface area contributed by atoms with Gasteiger partial charge in [-0.2, -0.15) is 0 Å². The Labute approximate surface area is 237 Å². The average Bonchev–Trinajstić information content (AvgIpc) is 2.99. The zero-order chi connectivity index (χ0) is 27.3. The molecule has 0 atom stereocenters. The molecule has 0 spiro atoms. The molecule has 2 saturated heterocycles. The predicted molar refractivity (Wildman–Crippen MR) is 161 cm³/mol. The zero-order valence-corrected chi connectivity index (χ0v) is 23.4. The minimum atomic E-state index is -0.120. The normalized spacial score (nSPS) is 18.5. The Morgan fingerprint density at radius 2 is 1.70 bits per heavy atom. The van der Waals surface area contributed by atoms with Crippen molar-refractivity contribution in [3.05, 3.63) is 77.9 Å². The van der Waals surface area contributed by atoms with Gasteiger partial charge < -0.3 is 15.5 Å². The van der Waals surface area contributed by atoms with Crippen LogP contribution in [0.15, 0.2) is 61.1 Å². The van der Waals surface area contributed by atoms with Crippen LogP contribution < -0.4 is 10.6 Å². The fourth-order valence-corrected chi connectivity index (χ4v) is 5.82. The van der Waals surface area contributed by atoms with Crippen LogP contribution in [0, 0.1) is 0 Å².